The van der Waals surface area contributed by atoms with Crippen molar-refractivity contribution in [3.8, 4) is 0 Å². The van der Waals surface area contributed by atoms with Crippen LogP contribution >= 0.6 is 11.8 Å². The molecule has 0 atom stereocenters. The fraction of sp³-hybridized carbons (Fsp3) is 0.231. The lowest BCUT2D eigenvalue weighted by Gasteiger charge is -2.04. The molecule has 88 valence electrons. The number of nitrogens with one attached hydrogen (secondary N) is 1. The van der Waals surface area contributed by atoms with E-state index >= 15 is 0 Å². The van der Waals surface area contributed by atoms with Crippen molar-refractivity contribution in [1.82, 2.24) is 9.97 Å². The van der Waals surface area contributed by atoms with Crippen LogP contribution in [0.25, 0.3) is 0 Å². The Kier molecular flexibility index (Phi) is 4.38. The summed E-state index contributed by atoms with van der Waals surface area (Å²) in [6.45, 7) is 2.93. The van der Waals surface area contributed by atoms with Gasteiger partial charge in [-0.1, -0.05) is 30.3 Å². The quantitative estimate of drug-likeness (QED) is 0.648. The minimum absolute atomic E-state index is 0.875. The van der Waals surface area contributed by atoms with E-state index < -0.39 is 0 Å². The Balaban J connectivity index is 1.97. The lowest BCUT2D eigenvalue weighted by Crippen LogP contribution is -1.99. The second-order valence-electron chi connectivity index (χ2n) is 3.55. The molecule has 0 bridgehead atoms. The predicted molar refractivity (Wildman–Crippen MR) is 72.2 cm³/mol. The molecule has 0 aliphatic heterocycles. The number of rotatable bonds is 5. The van der Waals surface area contributed by atoms with Crippen LogP contribution in [0.4, 0.5) is 5.82 Å². The smallest absolute Gasteiger partial charge is 0.130 e. The third-order valence-corrected chi connectivity index (χ3v) is 3.23. The Morgan fingerprint density at radius 3 is 2.76 bits per heavy atom. The molecule has 0 saturated heterocycles. The monoisotopic (exact) mass is 245 g/mol. The van der Waals surface area contributed by atoms with Crippen LogP contribution in [0.2, 0.25) is 0 Å². The van der Waals surface area contributed by atoms with Crippen molar-refractivity contribution in [2.24, 2.45) is 0 Å². The van der Waals surface area contributed by atoms with Gasteiger partial charge in [0.25, 0.3) is 0 Å². The molecule has 2 aromatic rings. The predicted octanol–water partition coefficient (Wildman–Crippen LogP) is 3.20. The standard InChI is InChI=1S/C13H15N3S/c1-2-14-12-8-13(16-10-15-12)17-9-11-6-4-3-5-7-11/h3-8,10H,2,9H2,1H3,(H,14,15,16). The van der Waals surface area contributed by atoms with Crippen LogP contribution < -0.4 is 5.32 Å². The van der Waals surface area contributed by atoms with Gasteiger partial charge < -0.3 is 5.32 Å². The molecular weight excluding hydrogens is 230 g/mol. The lowest BCUT2D eigenvalue weighted by atomic mass is 10.2. The number of hydrogen-bond donors (Lipinski definition) is 1. The van der Waals surface area contributed by atoms with Crippen molar-refractivity contribution < 1.29 is 0 Å². The first-order valence-electron chi connectivity index (χ1n) is 5.61. The van der Waals surface area contributed by atoms with Gasteiger partial charge in [-0.25, -0.2) is 9.97 Å². The minimum Gasteiger partial charge on any atom is -0.370 e. The first kappa shape index (κ1) is 11.9. The molecule has 0 spiro atoms. The van der Waals surface area contributed by atoms with Crippen LogP contribution in [0.5, 0.6) is 0 Å². The third-order valence-electron chi connectivity index (χ3n) is 2.23. The first-order valence-corrected chi connectivity index (χ1v) is 6.59. The Morgan fingerprint density at radius 2 is 2.00 bits per heavy atom. The van der Waals surface area contributed by atoms with Crippen LogP contribution in [0.15, 0.2) is 47.8 Å². The molecule has 1 aromatic heterocycles. The second-order valence-corrected chi connectivity index (χ2v) is 4.54. The van der Waals surface area contributed by atoms with Crippen molar-refractivity contribution in [1.29, 1.82) is 0 Å². The molecule has 2 rings (SSSR count). The van der Waals surface area contributed by atoms with Crippen molar-refractivity contribution in [3.63, 3.8) is 0 Å². The SMILES string of the molecule is CCNc1cc(SCc2ccccc2)ncn1. The molecule has 0 aliphatic carbocycles. The molecule has 0 fully saturated rings. The molecule has 1 aromatic carbocycles. The van der Waals surface area contributed by atoms with E-state index in [9.17, 15) is 0 Å². The molecule has 0 unspecified atom stereocenters. The summed E-state index contributed by atoms with van der Waals surface area (Å²) in [5.74, 6) is 1.82. The zero-order valence-corrected chi connectivity index (χ0v) is 10.6. The van der Waals surface area contributed by atoms with Gasteiger partial charge in [0.1, 0.15) is 17.2 Å². The van der Waals surface area contributed by atoms with E-state index in [4.69, 9.17) is 0 Å². The molecule has 17 heavy (non-hydrogen) atoms. The van der Waals surface area contributed by atoms with E-state index in [1.165, 1.54) is 5.56 Å². The van der Waals surface area contributed by atoms with E-state index in [2.05, 4.69) is 46.5 Å². The summed E-state index contributed by atoms with van der Waals surface area (Å²) in [5.41, 5.74) is 1.31. The maximum absolute atomic E-state index is 4.25. The minimum atomic E-state index is 0.875. The fourth-order valence-electron chi connectivity index (χ4n) is 1.43. The van der Waals surface area contributed by atoms with E-state index in [1.807, 2.05) is 12.1 Å². The molecule has 4 heteroatoms. The Hall–Kier alpha value is -1.55. The van der Waals surface area contributed by atoms with Crippen LogP contribution in [0.1, 0.15) is 12.5 Å². The average Bonchev–Trinajstić information content (AvgIpc) is 2.39. The molecule has 1 heterocycles. The molecule has 3 nitrogen and oxygen atoms in total. The van der Waals surface area contributed by atoms with Crippen molar-refractivity contribution >= 4 is 17.6 Å². The van der Waals surface area contributed by atoms with Crippen molar-refractivity contribution in [2.45, 2.75) is 17.7 Å². The van der Waals surface area contributed by atoms with Gasteiger partial charge in [-0.05, 0) is 12.5 Å². The number of thioether (sulfide) groups is 1. The largest absolute Gasteiger partial charge is 0.370 e. The zero-order chi connectivity index (χ0) is 11.9. The van der Waals surface area contributed by atoms with Gasteiger partial charge in [0, 0.05) is 18.4 Å². The van der Waals surface area contributed by atoms with Crippen LogP contribution in [-0.2, 0) is 5.75 Å². The lowest BCUT2D eigenvalue weighted by molar-refractivity contribution is 1.03. The normalized spacial score (nSPS) is 10.2. The molecular formula is C13H15N3S. The summed E-state index contributed by atoms with van der Waals surface area (Å²) < 4.78 is 0. The number of aromatic nitrogens is 2. The van der Waals surface area contributed by atoms with E-state index in [1.54, 1.807) is 18.1 Å². The number of anilines is 1. The van der Waals surface area contributed by atoms with Gasteiger partial charge in [0.15, 0.2) is 0 Å². The average molecular weight is 245 g/mol. The number of benzene rings is 1. The van der Waals surface area contributed by atoms with E-state index in [0.717, 1.165) is 23.1 Å². The Bertz CT molecular complexity index is 459. The van der Waals surface area contributed by atoms with Crippen molar-refractivity contribution in [2.75, 3.05) is 11.9 Å². The highest BCUT2D eigenvalue weighted by Gasteiger charge is 1.99. The van der Waals surface area contributed by atoms with Gasteiger partial charge in [0.2, 0.25) is 0 Å². The Morgan fingerprint density at radius 1 is 1.18 bits per heavy atom. The maximum atomic E-state index is 4.25. The summed E-state index contributed by atoms with van der Waals surface area (Å²) >= 11 is 1.72. The van der Waals surface area contributed by atoms with Gasteiger partial charge in [-0.2, -0.15) is 0 Å². The van der Waals surface area contributed by atoms with Crippen molar-refractivity contribution in [3.05, 3.63) is 48.3 Å². The highest BCUT2D eigenvalue weighted by Crippen LogP contribution is 2.21. The molecule has 0 aliphatic rings. The molecule has 0 saturated carbocycles. The van der Waals surface area contributed by atoms with Gasteiger partial charge in [-0.3, -0.25) is 0 Å². The first-order chi connectivity index (χ1) is 8.38. The van der Waals surface area contributed by atoms with Crippen LogP contribution in [0.3, 0.4) is 0 Å². The topological polar surface area (TPSA) is 37.8 Å². The third kappa shape index (κ3) is 3.75. The summed E-state index contributed by atoms with van der Waals surface area (Å²) in [6, 6.07) is 12.4. The highest BCUT2D eigenvalue weighted by molar-refractivity contribution is 7.98. The Labute approximate surface area is 106 Å². The summed E-state index contributed by atoms with van der Waals surface area (Å²) in [7, 11) is 0. The van der Waals surface area contributed by atoms with Crippen LogP contribution in [0, 0.1) is 0 Å². The van der Waals surface area contributed by atoms with E-state index in [0.29, 0.717) is 0 Å². The summed E-state index contributed by atoms with van der Waals surface area (Å²) in [4.78, 5) is 8.40. The maximum Gasteiger partial charge on any atom is 0.130 e. The summed E-state index contributed by atoms with van der Waals surface area (Å²) in [6.07, 6.45) is 1.60. The van der Waals surface area contributed by atoms with Gasteiger partial charge in [0.05, 0.1) is 0 Å². The zero-order valence-electron chi connectivity index (χ0n) is 9.76. The second kappa shape index (κ2) is 6.25. The number of nitrogens with zero attached hydrogens (tertiary/aromatic N) is 2. The van der Waals surface area contributed by atoms with Crippen LogP contribution in [-0.4, -0.2) is 16.5 Å². The molecule has 1 N–H and O–H groups in total. The van der Waals surface area contributed by atoms with E-state index in [-0.39, 0.29) is 0 Å². The molecule has 0 radical (unpaired) electrons. The number of hydrogen-bond acceptors (Lipinski definition) is 4. The summed E-state index contributed by atoms with van der Waals surface area (Å²) in [5, 5.41) is 4.18. The molecule has 0 amide bonds. The highest BCUT2D eigenvalue weighted by atomic mass is 32.2. The fourth-order valence-corrected chi connectivity index (χ4v) is 2.25. The van der Waals surface area contributed by atoms with Gasteiger partial charge in [-0.15, -0.1) is 11.8 Å². The van der Waals surface area contributed by atoms with Gasteiger partial charge >= 0.3 is 0 Å².